The molecule has 0 atom stereocenters. The first-order chi connectivity index (χ1) is 12.1. The molecule has 0 bridgehead atoms. The summed E-state index contributed by atoms with van der Waals surface area (Å²) in [6.45, 7) is 5.81. The fourth-order valence-corrected chi connectivity index (χ4v) is 2.54. The summed E-state index contributed by atoms with van der Waals surface area (Å²) >= 11 is 0. The molecule has 0 aliphatic rings. The van der Waals surface area contributed by atoms with Crippen molar-refractivity contribution < 1.29 is 0 Å². The van der Waals surface area contributed by atoms with Gasteiger partial charge in [0, 0.05) is 31.2 Å². The zero-order valence-electron chi connectivity index (χ0n) is 14.5. The van der Waals surface area contributed by atoms with Crippen molar-refractivity contribution in [1.29, 1.82) is 0 Å². The molecule has 0 fully saturated rings. The molecular formula is C18H23N7. The Kier molecular flexibility index (Phi) is 5.13. The second kappa shape index (κ2) is 7.65. The molecule has 25 heavy (non-hydrogen) atoms. The summed E-state index contributed by atoms with van der Waals surface area (Å²) < 4.78 is 2.04. The predicted molar refractivity (Wildman–Crippen MR) is 101 cm³/mol. The molecule has 1 aromatic carbocycles. The smallest absolute Gasteiger partial charge is 0.159 e. The minimum atomic E-state index is 0.519. The Morgan fingerprint density at radius 3 is 2.80 bits per heavy atom. The van der Waals surface area contributed by atoms with Crippen LogP contribution in [0, 0.1) is 13.8 Å². The second-order valence-corrected chi connectivity index (χ2v) is 5.94. The summed E-state index contributed by atoms with van der Waals surface area (Å²) in [5.41, 5.74) is 10.1. The van der Waals surface area contributed by atoms with Crippen LogP contribution in [0.4, 0.5) is 23.0 Å². The van der Waals surface area contributed by atoms with Gasteiger partial charge in [-0.2, -0.15) is 0 Å². The number of benzene rings is 1. The van der Waals surface area contributed by atoms with Gasteiger partial charge in [0.2, 0.25) is 0 Å². The zero-order valence-corrected chi connectivity index (χ0v) is 14.5. The van der Waals surface area contributed by atoms with Gasteiger partial charge in [0.1, 0.15) is 12.0 Å². The number of hydrogen-bond acceptors (Lipinski definition) is 6. The van der Waals surface area contributed by atoms with Gasteiger partial charge in [-0.1, -0.05) is 12.1 Å². The number of imidazole rings is 1. The number of rotatable bonds is 7. The molecule has 3 aromatic rings. The maximum atomic E-state index is 6.23. The van der Waals surface area contributed by atoms with Crippen molar-refractivity contribution in [1.82, 2.24) is 19.5 Å². The van der Waals surface area contributed by atoms with Crippen LogP contribution in [0.15, 0.2) is 43.2 Å². The van der Waals surface area contributed by atoms with E-state index in [1.807, 2.05) is 29.2 Å². The lowest BCUT2D eigenvalue weighted by Gasteiger charge is -2.14. The Bertz CT molecular complexity index is 827. The Balaban J connectivity index is 1.64. The lowest BCUT2D eigenvalue weighted by molar-refractivity contribution is 0.660. The third-order valence-corrected chi connectivity index (χ3v) is 4.19. The molecule has 4 N–H and O–H groups in total. The third-order valence-electron chi connectivity index (χ3n) is 4.19. The maximum absolute atomic E-state index is 6.23. The highest BCUT2D eigenvalue weighted by Gasteiger charge is 2.09. The summed E-state index contributed by atoms with van der Waals surface area (Å²) in [7, 11) is 0. The van der Waals surface area contributed by atoms with Crippen molar-refractivity contribution in [2.45, 2.75) is 26.8 Å². The average molecular weight is 337 g/mol. The lowest BCUT2D eigenvalue weighted by atomic mass is 10.1. The van der Waals surface area contributed by atoms with E-state index in [-0.39, 0.29) is 0 Å². The van der Waals surface area contributed by atoms with Crippen molar-refractivity contribution in [2.75, 3.05) is 22.9 Å². The fourth-order valence-electron chi connectivity index (χ4n) is 2.54. The molecule has 7 heteroatoms. The minimum Gasteiger partial charge on any atom is -0.393 e. The summed E-state index contributed by atoms with van der Waals surface area (Å²) in [5.74, 6) is 1.26. The largest absolute Gasteiger partial charge is 0.393 e. The molecule has 0 saturated carbocycles. The van der Waals surface area contributed by atoms with Crippen LogP contribution in [-0.4, -0.2) is 26.1 Å². The number of nitrogens with zero attached hydrogens (tertiary/aromatic N) is 4. The van der Waals surface area contributed by atoms with Crippen LogP contribution in [0.2, 0.25) is 0 Å². The van der Waals surface area contributed by atoms with Crippen LogP contribution in [0.1, 0.15) is 17.5 Å². The summed E-state index contributed by atoms with van der Waals surface area (Å²) in [6, 6.07) is 6.11. The summed E-state index contributed by atoms with van der Waals surface area (Å²) in [4.78, 5) is 12.6. The topological polar surface area (TPSA) is 93.7 Å². The monoisotopic (exact) mass is 337 g/mol. The van der Waals surface area contributed by atoms with E-state index in [9.17, 15) is 0 Å². The van der Waals surface area contributed by atoms with Crippen molar-refractivity contribution in [3.05, 3.63) is 54.4 Å². The molecule has 0 spiro atoms. The Labute approximate surface area is 147 Å². The third kappa shape index (κ3) is 4.06. The number of nitrogen functional groups attached to an aromatic ring is 1. The number of aryl methyl sites for hydroxylation is 2. The van der Waals surface area contributed by atoms with Crippen molar-refractivity contribution in [3.8, 4) is 0 Å². The SMILES string of the molecule is Cc1cccc(Nc2ncnc(NCCCn3ccnc3)c2N)c1C. The number of nitrogens with one attached hydrogen (secondary N) is 2. The van der Waals surface area contributed by atoms with Gasteiger partial charge in [-0.25, -0.2) is 15.0 Å². The van der Waals surface area contributed by atoms with Gasteiger partial charge in [-0.05, 0) is 37.5 Å². The number of hydrogen-bond donors (Lipinski definition) is 3. The van der Waals surface area contributed by atoms with Gasteiger partial charge >= 0.3 is 0 Å². The van der Waals surface area contributed by atoms with Gasteiger partial charge in [0.15, 0.2) is 11.6 Å². The van der Waals surface area contributed by atoms with Crippen molar-refractivity contribution >= 4 is 23.0 Å². The normalized spacial score (nSPS) is 10.6. The number of aromatic nitrogens is 4. The summed E-state index contributed by atoms with van der Waals surface area (Å²) in [5, 5.41) is 6.58. The molecule has 0 aliphatic heterocycles. The Morgan fingerprint density at radius 2 is 2.00 bits per heavy atom. The van der Waals surface area contributed by atoms with Gasteiger partial charge in [0.05, 0.1) is 6.33 Å². The van der Waals surface area contributed by atoms with E-state index in [4.69, 9.17) is 5.73 Å². The van der Waals surface area contributed by atoms with Crippen molar-refractivity contribution in [3.63, 3.8) is 0 Å². The number of anilines is 4. The van der Waals surface area contributed by atoms with E-state index in [2.05, 4.69) is 45.5 Å². The molecule has 0 radical (unpaired) electrons. The van der Waals surface area contributed by atoms with Crippen LogP contribution in [-0.2, 0) is 6.54 Å². The molecule has 130 valence electrons. The highest BCUT2D eigenvalue weighted by Crippen LogP contribution is 2.28. The molecular weight excluding hydrogens is 314 g/mol. The quantitative estimate of drug-likeness (QED) is 0.574. The Morgan fingerprint density at radius 1 is 1.16 bits per heavy atom. The molecule has 3 rings (SSSR count). The molecule has 7 nitrogen and oxygen atoms in total. The van der Waals surface area contributed by atoms with Crippen LogP contribution < -0.4 is 16.4 Å². The highest BCUT2D eigenvalue weighted by molar-refractivity contribution is 5.78. The first kappa shape index (κ1) is 16.8. The molecule has 0 aliphatic carbocycles. The standard InChI is InChI=1S/C18H23N7/c1-13-5-3-6-15(14(13)2)24-18-16(19)17(22-11-23-18)21-7-4-9-25-10-8-20-12-25/h3,5-6,8,10-12H,4,7,9,19H2,1-2H3,(H2,21,22,23,24). The van der Waals surface area contributed by atoms with E-state index in [0.29, 0.717) is 17.3 Å². The fraction of sp³-hybridized carbons (Fsp3) is 0.278. The predicted octanol–water partition coefficient (Wildman–Crippen LogP) is 3.12. The van der Waals surface area contributed by atoms with Gasteiger partial charge in [0.25, 0.3) is 0 Å². The van der Waals surface area contributed by atoms with Gasteiger partial charge < -0.3 is 20.9 Å². The van der Waals surface area contributed by atoms with Crippen LogP contribution >= 0.6 is 0 Å². The lowest BCUT2D eigenvalue weighted by Crippen LogP contribution is -2.11. The molecule has 2 heterocycles. The number of nitrogens with two attached hydrogens (primary N) is 1. The molecule has 0 saturated heterocycles. The van der Waals surface area contributed by atoms with E-state index in [0.717, 1.165) is 25.2 Å². The van der Waals surface area contributed by atoms with E-state index in [1.165, 1.54) is 17.5 Å². The van der Waals surface area contributed by atoms with Gasteiger partial charge in [-0.3, -0.25) is 0 Å². The van der Waals surface area contributed by atoms with Crippen LogP contribution in [0.5, 0.6) is 0 Å². The molecule has 0 unspecified atom stereocenters. The Hall–Kier alpha value is -3.09. The first-order valence-electron chi connectivity index (χ1n) is 8.28. The zero-order chi connectivity index (χ0) is 17.6. The maximum Gasteiger partial charge on any atom is 0.159 e. The van der Waals surface area contributed by atoms with E-state index >= 15 is 0 Å². The van der Waals surface area contributed by atoms with Crippen molar-refractivity contribution in [2.24, 2.45) is 0 Å². The second-order valence-electron chi connectivity index (χ2n) is 5.94. The van der Waals surface area contributed by atoms with E-state index in [1.54, 1.807) is 6.20 Å². The minimum absolute atomic E-state index is 0.519. The molecule has 0 amide bonds. The van der Waals surface area contributed by atoms with E-state index < -0.39 is 0 Å². The average Bonchev–Trinajstić information content (AvgIpc) is 3.12. The molecule has 2 aromatic heterocycles. The van der Waals surface area contributed by atoms with Gasteiger partial charge in [-0.15, -0.1) is 0 Å². The highest BCUT2D eigenvalue weighted by atomic mass is 15.1. The van der Waals surface area contributed by atoms with Crippen LogP contribution in [0.3, 0.4) is 0 Å². The first-order valence-corrected chi connectivity index (χ1v) is 8.28. The van der Waals surface area contributed by atoms with Crippen LogP contribution in [0.25, 0.3) is 0 Å². The summed E-state index contributed by atoms with van der Waals surface area (Å²) in [6.07, 6.45) is 8.00.